The van der Waals surface area contributed by atoms with Gasteiger partial charge in [-0.2, -0.15) is 0 Å². The molecule has 3 rings (SSSR count). The van der Waals surface area contributed by atoms with Crippen molar-refractivity contribution in [2.45, 2.75) is 46.5 Å². The highest BCUT2D eigenvalue weighted by Gasteiger charge is 2.63. The van der Waals surface area contributed by atoms with Gasteiger partial charge in [-0.25, -0.2) is 0 Å². The van der Waals surface area contributed by atoms with E-state index in [9.17, 15) is 0 Å². The highest BCUT2D eigenvalue weighted by atomic mass is 14.7. The van der Waals surface area contributed by atoms with Gasteiger partial charge in [0.1, 0.15) is 0 Å². The van der Waals surface area contributed by atoms with E-state index in [-0.39, 0.29) is 0 Å². The molecule has 0 aliphatic heterocycles. The first-order valence-corrected chi connectivity index (χ1v) is 6.15. The molecule has 0 heteroatoms. The third-order valence-electron chi connectivity index (χ3n) is 5.74. The van der Waals surface area contributed by atoms with Crippen molar-refractivity contribution in [1.82, 2.24) is 0 Å². The molecule has 0 N–H and O–H groups in total. The summed E-state index contributed by atoms with van der Waals surface area (Å²) in [7, 11) is 0. The zero-order valence-corrected chi connectivity index (χ0v) is 9.22. The maximum atomic E-state index is 2.54. The van der Waals surface area contributed by atoms with Gasteiger partial charge in [0.25, 0.3) is 0 Å². The fourth-order valence-corrected chi connectivity index (χ4v) is 5.01. The maximum Gasteiger partial charge on any atom is -0.0292 e. The van der Waals surface area contributed by atoms with Gasteiger partial charge in [0.15, 0.2) is 0 Å². The Bertz CT molecular complexity index is 232. The van der Waals surface area contributed by atoms with Crippen molar-refractivity contribution in [3.8, 4) is 0 Å². The minimum absolute atomic E-state index is 0.749. The van der Waals surface area contributed by atoms with E-state index in [1.165, 1.54) is 6.42 Å². The SMILES string of the molecule is CC[C@]1(C)CC2CC3C[C@@H](C)C3C21. The summed E-state index contributed by atoms with van der Waals surface area (Å²) in [5.74, 6) is 5.63. The molecule has 0 spiro atoms. The molecule has 0 aromatic rings. The van der Waals surface area contributed by atoms with Crippen LogP contribution in [-0.2, 0) is 0 Å². The van der Waals surface area contributed by atoms with Crippen molar-refractivity contribution < 1.29 is 0 Å². The third kappa shape index (κ3) is 0.831. The number of hydrogen-bond acceptors (Lipinski definition) is 0. The average Bonchev–Trinajstić information content (AvgIpc) is 2.34. The standard InChI is InChI=1S/C13H22/c1-4-13(3)7-10-6-9-5-8(2)11(9)12(10)13/h8-12H,4-7H2,1-3H3/t8-,9?,10?,11?,12?,13-/m1/s1. The van der Waals surface area contributed by atoms with Crippen molar-refractivity contribution in [3.05, 3.63) is 0 Å². The summed E-state index contributed by atoms with van der Waals surface area (Å²) < 4.78 is 0. The Labute approximate surface area is 82.1 Å². The van der Waals surface area contributed by atoms with Gasteiger partial charge in [-0.15, -0.1) is 0 Å². The lowest BCUT2D eigenvalue weighted by Crippen LogP contribution is -2.49. The first kappa shape index (κ1) is 8.32. The van der Waals surface area contributed by atoms with E-state index in [0.29, 0.717) is 0 Å². The Hall–Kier alpha value is 0. The predicted octanol–water partition coefficient (Wildman–Crippen LogP) is 3.71. The molecule has 0 aromatic heterocycles. The van der Waals surface area contributed by atoms with Crippen LogP contribution in [0.15, 0.2) is 0 Å². The summed E-state index contributed by atoms with van der Waals surface area (Å²) in [5.41, 5.74) is 0.749. The van der Waals surface area contributed by atoms with Crippen LogP contribution in [-0.4, -0.2) is 0 Å². The summed E-state index contributed by atoms with van der Waals surface area (Å²) in [4.78, 5) is 0. The molecule has 6 atom stereocenters. The van der Waals surface area contributed by atoms with Crippen LogP contribution >= 0.6 is 0 Å². The van der Waals surface area contributed by atoms with E-state index in [1.807, 2.05) is 0 Å². The Morgan fingerprint density at radius 3 is 2.62 bits per heavy atom. The Kier molecular flexibility index (Phi) is 1.49. The van der Waals surface area contributed by atoms with Crippen molar-refractivity contribution in [1.29, 1.82) is 0 Å². The summed E-state index contributed by atoms with van der Waals surface area (Å²) in [6, 6.07) is 0. The molecule has 4 unspecified atom stereocenters. The first-order chi connectivity index (χ1) is 6.15. The van der Waals surface area contributed by atoms with Crippen LogP contribution in [0.3, 0.4) is 0 Å². The second-order valence-electron chi connectivity index (χ2n) is 6.28. The fourth-order valence-electron chi connectivity index (χ4n) is 5.01. The van der Waals surface area contributed by atoms with E-state index in [1.54, 1.807) is 19.3 Å². The number of hydrogen-bond donors (Lipinski definition) is 0. The lowest BCUT2D eigenvalue weighted by molar-refractivity contribution is -0.0691. The molecule has 13 heavy (non-hydrogen) atoms. The molecule has 0 saturated heterocycles. The zero-order valence-electron chi connectivity index (χ0n) is 9.22. The minimum atomic E-state index is 0.749. The average molecular weight is 178 g/mol. The Balaban J connectivity index is 1.83. The molecular weight excluding hydrogens is 156 g/mol. The molecule has 0 heterocycles. The van der Waals surface area contributed by atoms with E-state index >= 15 is 0 Å². The smallest absolute Gasteiger partial charge is 0.0292 e. The van der Waals surface area contributed by atoms with Crippen LogP contribution in [0.4, 0.5) is 0 Å². The molecule has 0 aromatic carbocycles. The normalized spacial score (nSPS) is 63.5. The van der Waals surface area contributed by atoms with Crippen molar-refractivity contribution in [2.75, 3.05) is 0 Å². The van der Waals surface area contributed by atoms with Gasteiger partial charge in [0.2, 0.25) is 0 Å². The van der Waals surface area contributed by atoms with Gasteiger partial charge in [-0.3, -0.25) is 0 Å². The van der Waals surface area contributed by atoms with Gasteiger partial charge in [0, 0.05) is 0 Å². The summed E-state index contributed by atoms with van der Waals surface area (Å²) in [6.45, 7) is 7.42. The molecular formula is C13H22. The van der Waals surface area contributed by atoms with Crippen molar-refractivity contribution in [3.63, 3.8) is 0 Å². The molecule has 3 fully saturated rings. The van der Waals surface area contributed by atoms with E-state index < -0.39 is 0 Å². The van der Waals surface area contributed by atoms with Crippen LogP contribution in [0.1, 0.15) is 46.5 Å². The number of fused-ring (bicyclic) bond motifs is 3. The van der Waals surface area contributed by atoms with E-state index in [2.05, 4.69) is 20.8 Å². The van der Waals surface area contributed by atoms with Crippen LogP contribution in [0.25, 0.3) is 0 Å². The molecule has 0 nitrogen and oxygen atoms in total. The summed E-state index contributed by atoms with van der Waals surface area (Å²) in [5, 5.41) is 0. The van der Waals surface area contributed by atoms with Crippen LogP contribution in [0, 0.1) is 35.0 Å². The second-order valence-corrected chi connectivity index (χ2v) is 6.28. The van der Waals surface area contributed by atoms with E-state index in [0.717, 1.165) is 35.0 Å². The van der Waals surface area contributed by atoms with E-state index in [4.69, 9.17) is 0 Å². The third-order valence-corrected chi connectivity index (χ3v) is 5.74. The van der Waals surface area contributed by atoms with Gasteiger partial charge in [0.05, 0.1) is 0 Å². The van der Waals surface area contributed by atoms with Gasteiger partial charge < -0.3 is 0 Å². The molecule has 3 aliphatic carbocycles. The van der Waals surface area contributed by atoms with Gasteiger partial charge in [-0.05, 0) is 54.3 Å². The molecule has 0 bridgehead atoms. The Morgan fingerprint density at radius 2 is 2.00 bits per heavy atom. The summed E-state index contributed by atoms with van der Waals surface area (Å²) >= 11 is 0. The molecule has 74 valence electrons. The first-order valence-electron chi connectivity index (χ1n) is 6.15. The fraction of sp³-hybridized carbons (Fsp3) is 1.00. The van der Waals surface area contributed by atoms with Gasteiger partial charge in [-0.1, -0.05) is 27.2 Å². The van der Waals surface area contributed by atoms with Crippen LogP contribution in [0.2, 0.25) is 0 Å². The predicted molar refractivity (Wildman–Crippen MR) is 55.4 cm³/mol. The van der Waals surface area contributed by atoms with Crippen molar-refractivity contribution in [2.24, 2.45) is 35.0 Å². The lowest BCUT2D eigenvalue weighted by atomic mass is 9.49. The van der Waals surface area contributed by atoms with Crippen molar-refractivity contribution >= 4 is 0 Å². The highest BCUT2D eigenvalue weighted by molar-refractivity contribution is 5.11. The molecule has 0 radical (unpaired) electrons. The maximum absolute atomic E-state index is 2.54. The Morgan fingerprint density at radius 1 is 1.23 bits per heavy atom. The zero-order chi connectivity index (χ0) is 9.22. The topological polar surface area (TPSA) is 0 Å². The monoisotopic (exact) mass is 178 g/mol. The molecule has 3 aliphatic rings. The molecule has 0 amide bonds. The quantitative estimate of drug-likeness (QED) is 0.574. The second kappa shape index (κ2) is 2.32. The minimum Gasteiger partial charge on any atom is -0.0649 e. The lowest BCUT2D eigenvalue weighted by Gasteiger charge is -2.55. The highest BCUT2D eigenvalue weighted by Crippen LogP contribution is 2.70. The van der Waals surface area contributed by atoms with Gasteiger partial charge >= 0.3 is 0 Å². The van der Waals surface area contributed by atoms with Crippen LogP contribution < -0.4 is 0 Å². The summed E-state index contributed by atoms with van der Waals surface area (Å²) in [6.07, 6.45) is 6.12. The van der Waals surface area contributed by atoms with Crippen LogP contribution in [0.5, 0.6) is 0 Å². The number of rotatable bonds is 1. The largest absolute Gasteiger partial charge is 0.0649 e. The molecule has 3 saturated carbocycles.